The molecule has 6 nitrogen and oxygen atoms in total. The molecule has 0 fully saturated rings. The molecular formula is C15H17N5OS. The van der Waals surface area contributed by atoms with Crippen molar-refractivity contribution in [1.82, 2.24) is 24.9 Å². The van der Waals surface area contributed by atoms with E-state index < -0.39 is 0 Å². The van der Waals surface area contributed by atoms with Crippen LogP contribution in [0.5, 0.6) is 0 Å². The molecule has 1 atom stereocenters. The molecule has 0 bridgehead atoms. The highest BCUT2D eigenvalue weighted by Crippen LogP contribution is 2.18. The first-order valence-electron chi connectivity index (χ1n) is 7.24. The molecule has 0 saturated carbocycles. The van der Waals surface area contributed by atoms with E-state index in [0.717, 1.165) is 29.2 Å². The molecule has 0 aliphatic carbocycles. The molecule has 0 spiro atoms. The Hall–Kier alpha value is -2.28. The topological polar surface area (TPSA) is 72.2 Å². The van der Waals surface area contributed by atoms with Gasteiger partial charge in [0.1, 0.15) is 0 Å². The van der Waals surface area contributed by atoms with Gasteiger partial charge in [0, 0.05) is 17.3 Å². The fourth-order valence-electron chi connectivity index (χ4n) is 2.39. The standard InChI is InChI=1S/C15H17N5OS/c1-2-5-12(17-14(21)8-11-9-16-10-22-11)15-19-18-13-6-3-4-7-20(13)15/h3-4,6-7,9-10,12H,2,5,8H2,1H3,(H,17,21). The van der Waals surface area contributed by atoms with Gasteiger partial charge < -0.3 is 5.32 Å². The number of fused-ring (bicyclic) bond motifs is 1. The molecule has 1 amide bonds. The molecule has 0 aromatic carbocycles. The van der Waals surface area contributed by atoms with Gasteiger partial charge >= 0.3 is 0 Å². The van der Waals surface area contributed by atoms with E-state index in [9.17, 15) is 4.79 Å². The maximum atomic E-state index is 12.2. The zero-order chi connectivity index (χ0) is 15.4. The summed E-state index contributed by atoms with van der Waals surface area (Å²) in [6.45, 7) is 2.09. The highest BCUT2D eigenvalue weighted by molar-refractivity contribution is 7.09. The zero-order valence-corrected chi connectivity index (χ0v) is 13.1. The summed E-state index contributed by atoms with van der Waals surface area (Å²) in [6, 6.07) is 5.62. The SMILES string of the molecule is CCCC(NC(=O)Cc1cncs1)c1nnc2ccccn12. The third-order valence-corrected chi connectivity index (χ3v) is 4.16. The van der Waals surface area contributed by atoms with E-state index in [-0.39, 0.29) is 11.9 Å². The highest BCUT2D eigenvalue weighted by Gasteiger charge is 2.19. The molecule has 0 radical (unpaired) electrons. The second-order valence-corrected chi connectivity index (χ2v) is 6.01. The molecular weight excluding hydrogens is 298 g/mol. The van der Waals surface area contributed by atoms with Crippen LogP contribution in [0.3, 0.4) is 0 Å². The Labute approximate surface area is 132 Å². The van der Waals surface area contributed by atoms with Gasteiger partial charge in [-0.2, -0.15) is 0 Å². The predicted molar refractivity (Wildman–Crippen MR) is 84.6 cm³/mol. The lowest BCUT2D eigenvalue weighted by Gasteiger charge is -2.16. The zero-order valence-electron chi connectivity index (χ0n) is 12.3. The van der Waals surface area contributed by atoms with E-state index in [1.165, 1.54) is 11.3 Å². The third-order valence-electron chi connectivity index (χ3n) is 3.38. The monoisotopic (exact) mass is 315 g/mol. The predicted octanol–water partition coefficient (Wildman–Crippen LogP) is 2.39. The average molecular weight is 315 g/mol. The number of pyridine rings is 1. The molecule has 0 saturated heterocycles. The van der Waals surface area contributed by atoms with Gasteiger partial charge in [0.15, 0.2) is 11.5 Å². The minimum atomic E-state index is -0.136. The summed E-state index contributed by atoms with van der Waals surface area (Å²) in [5.41, 5.74) is 2.52. The second kappa shape index (κ2) is 6.65. The number of hydrogen-bond donors (Lipinski definition) is 1. The smallest absolute Gasteiger partial charge is 0.225 e. The van der Waals surface area contributed by atoms with Gasteiger partial charge in [-0.3, -0.25) is 14.2 Å². The number of aromatic nitrogens is 4. The van der Waals surface area contributed by atoms with Crippen LogP contribution in [0.2, 0.25) is 0 Å². The molecule has 114 valence electrons. The lowest BCUT2D eigenvalue weighted by Crippen LogP contribution is -2.31. The van der Waals surface area contributed by atoms with Crippen LogP contribution < -0.4 is 5.32 Å². The normalized spacial score (nSPS) is 12.4. The quantitative estimate of drug-likeness (QED) is 0.758. The van der Waals surface area contributed by atoms with Crippen LogP contribution in [-0.4, -0.2) is 25.5 Å². The first-order chi connectivity index (χ1) is 10.8. The summed E-state index contributed by atoms with van der Waals surface area (Å²) in [6.07, 6.45) is 5.77. The van der Waals surface area contributed by atoms with Crippen LogP contribution in [-0.2, 0) is 11.2 Å². The number of carbonyl (C=O) groups is 1. The average Bonchev–Trinajstić information content (AvgIpc) is 3.16. The maximum absolute atomic E-state index is 12.2. The highest BCUT2D eigenvalue weighted by atomic mass is 32.1. The van der Waals surface area contributed by atoms with E-state index in [2.05, 4.69) is 27.4 Å². The first kappa shape index (κ1) is 14.6. The molecule has 0 aliphatic heterocycles. The van der Waals surface area contributed by atoms with Gasteiger partial charge in [-0.05, 0) is 18.6 Å². The van der Waals surface area contributed by atoms with Gasteiger partial charge in [-0.25, -0.2) is 0 Å². The molecule has 0 aliphatic rings. The van der Waals surface area contributed by atoms with Crippen molar-refractivity contribution in [2.45, 2.75) is 32.2 Å². The fraction of sp³-hybridized carbons (Fsp3) is 0.333. The Bertz CT molecular complexity index is 752. The Morgan fingerprint density at radius 3 is 3.09 bits per heavy atom. The van der Waals surface area contributed by atoms with Gasteiger partial charge in [-0.15, -0.1) is 21.5 Å². The number of nitrogens with zero attached hydrogens (tertiary/aromatic N) is 4. The summed E-state index contributed by atoms with van der Waals surface area (Å²) >= 11 is 1.49. The fourth-order valence-corrected chi connectivity index (χ4v) is 2.98. The van der Waals surface area contributed by atoms with Crippen LogP contribution in [0, 0.1) is 0 Å². The van der Waals surface area contributed by atoms with Crippen molar-refractivity contribution in [2.75, 3.05) is 0 Å². The van der Waals surface area contributed by atoms with Crippen LogP contribution in [0.15, 0.2) is 36.1 Å². The lowest BCUT2D eigenvalue weighted by atomic mass is 10.1. The molecule has 1 N–H and O–H groups in total. The minimum absolute atomic E-state index is 0.0182. The number of thiazole rings is 1. The lowest BCUT2D eigenvalue weighted by molar-refractivity contribution is -0.121. The molecule has 3 aromatic rings. The van der Waals surface area contributed by atoms with Crippen molar-refractivity contribution >= 4 is 22.9 Å². The van der Waals surface area contributed by atoms with Crippen molar-refractivity contribution in [3.05, 3.63) is 46.8 Å². The summed E-state index contributed by atoms with van der Waals surface area (Å²) in [5, 5.41) is 11.5. The van der Waals surface area contributed by atoms with Gasteiger partial charge in [0.05, 0.1) is 18.0 Å². The molecule has 22 heavy (non-hydrogen) atoms. The number of rotatable bonds is 6. The van der Waals surface area contributed by atoms with Crippen molar-refractivity contribution < 1.29 is 4.79 Å². The summed E-state index contributed by atoms with van der Waals surface area (Å²) < 4.78 is 1.92. The Morgan fingerprint density at radius 2 is 2.32 bits per heavy atom. The Morgan fingerprint density at radius 1 is 1.41 bits per heavy atom. The Kier molecular flexibility index (Phi) is 4.43. The van der Waals surface area contributed by atoms with Crippen molar-refractivity contribution in [3.8, 4) is 0 Å². The van der Waals surface area contributed by atoms with E-state index in [1.54, 1.807) is 11.7 Å². The maximum Gasteiger partial charge on any atom is 0.225 e. The minimum Gasteiger partial charge on any atom is -0.346 e. The molecule has 3 rings (SSSR count). The van der Waals surface area contributed by atoms with Crippen molar-refractivity contribution in [3.63, 3.8) is 0 Å². The number of carbonyl (C=O) groups excluding carboxylic acids is 1. The molecule has 3 heterocycles. The van der Waals surface area contributed by atoms with Gasteiger partial charge in [-0.1, -0.05) is 19.4 Å². The van der Waals surface area contributed by atoms with E-state index in [4.69, 9.17) is 0 Å². The summed E-state index contributed by atoms with van der Waals surface area (Å²) in [4.78, 5) is 17.2. The number of hydrogen-bond acceptors (Lipinski definition) is 5. The molecule has 3 aromatic heterocycles. The van der Waals surface area contributed by atoms with E-state index in [0.29, 0.717) is 6.42 Å². The van der Waals surface area contributed by atoms with Gasteiger partial charge in [0.25, 0.3) is 0 Å². The van der Waals surface area contributed by atoms with E-state index >= 15 is 0 Å². The summed E-state index contributed by atoms with van der Waals surface area (Å²) in [5.74, 6) is 0.755. The van der Waals surface area contributed by atoms with Crippen LogP contribution in [0.1, 0.15) is 36.5 Å². The van der Waals surface area contributed by atoms with E-state index in [1.807, 2.05) is 28.8 Å². The van der Waals surface area contributed by atoms with Crippen LogP contribution in [0.4, 0.5) is 0 Å². The Balaban J connectivity index is 1.79. The number of amides is 1. The second-order valence-electron chi connectivity index (χ2n) is 5.04. The van der Waals surface area contributed by atoms with Crippen LogP contribution in [0.25, 0.3) is 5.65 Å². The van der Waals surface area contributed by atoms with Gasteiger partial charge in [0.2, 0.25) is 5.91 Å². The largest absolute Gasteiger partial charge is 0.346 e. The molecule has 1 unspecified atom stereocenters. The summed E-state index contributed by atoms with van der Waals surface area (Å²) in [7, 11) is 0. The molecule has 7 heteroatoms. The number of nitrogens with one attached hydrogen (secondary N) is 1. The van der Waals surface area contributed by atoms with Crippen molar-refractivity contribution in [1.29, 1.82) is 0 Å². The first-order valence-corrected chi connectivity index (χ1v) is 8.12. The van der Waals surface area contributed by atoms with Crippen molar-refractivity contribution in [2.24, 2.45) is 0 Å². The van der Waals surface area contributed by atoms with Crippen LogP contribution >= 0.6 is 11.3 Å². The third kappa shape index (κ3) is 3.14.